The van der Waals surface area contributed by atoms with Crippen molar-refractivity contribution in [3.63, 3.8) is 0 Å². The van der Waals surface area contributed by atoms with E-state index in [9.17, 15) is 0 Å². The van der Waals surface area contributed by atoms with Crippen LogP contribution in [0.15, 0.2) is 0 Å². The standard InChI is InChI=1S/2C10H28O5Si3/c2*1-11-17(7,15-16(5)6)9-8-10-18(12-2,13-3)14-4/h2*16H,8-10H2,1-7H3. The van der Waals surface area contributed by atoms with Crippen molar-refractivity contribution in [1.82, 2.24) is 0 Å². The summed E-state index contributed by atoms with van der Waals surface area (Å²) >= 11 is 0. The molecule has 0 fully saturated rings. The first kappa shape index (κ1) is 39.0. The maximum absolute atomic E-state index is 6.05. The van der Waals surface area contributed by atoms with Gasteiger partial charge >= 0.3 is 34.7 Å². The summed E-state index contributed by atoms with van der Waals surface area (Å²) in [4.78, 5) is 0. The highest BCUT2D eigenvalue weighted by molar-refractivity contribution is 6.74. The Morgan fingerprint density at radius 3 is 0.833 bits per heavy atom. The van der Waals surface area contributed by atoms with Gasteiger partial charge in [-0.2, -0.15) is 0 Å². The maximum Gasteiger partial charge on any atom is 0.500 e. The molecule has 0 saturated carbocycles. The Balaban J connectivity index is 0. The SMILES string of the molecule is CO[Si](C)(CCC[Si](OC)(OC)OC)O[SiH](C)C.CO[Si](C)(CCC[Si](OC)(OC)OC)O[SiH](C)C. The Morgan fingerprint density at radius 2 is 0.667 bits per heavy atom. The average molecular weight is 625 g/mol. The molecule has 0 aromatic rings. The fourth-order valence-corrected chi connectivity index (χ4v) is 19.7. The summed E-state index contributed by atoms with van der Waals surface area (Å²) in [6, 6.07) is 3.48. The van der Waals surface area contributed by atoms with E-state index in [4.69, 9.17) is 43.6 Å². The molecule has 0 aromatic carbocycles. The van der Waals surface area contributed by atoms with E-state index in [-0.39, 0.29) is 0 Å². The second kappa shape index (κ2) is 19.9. The van der Waals surface area contributed by atoms with E-state index in [1.54, 1.807) is 56.9 Å². The molecule has 0 amide bonds. The molecular weight excluding hydrogens is 569 g/mol. The van der Waals surface area contributed by atoms with E-state index in [0.29, 0.717) is 0 Å². The largest absolute Gasteiger partial charge is 0.500 e. The van der Waals surface area contributed by atoms with Crippen LogP contribution in [0.2, 0.25) is 63.5 Å². The molecule has 10 nitrogen and oxygen atoms in total. The molecular formula is C20H56O10Si6. The van der Waals surface area contributed by atoms with Gasteiger partial charge in [0.15, 0.2) is 18.1 Å². The second-order valence-corrected chi connectivity index (χ2v) is 27.9. The van der Waals surface area contributed by atoms with Crippen LogP contribution in [0.4, 0.5) is 0 Å². The van der Waals surface area contributed by atoms with Gasteiger partial charge in [0.25, 0.3) is 0 Å². The van der Waals surface area contributed by atoms with Crippen LogP contribution in [0.3, 0.4) is 0 Å². The molecule has 0 aliphatic carbocycles. The van der Waals surface area contributed by atoms with E-state index in [2.05, 4.69) is 39.3 Å². The molecule has 0 N–H and O–H groups in total. The molecule has 0 bridgehead atoms. The molecule has 0 aliphatic heterocycles. The molecule has 0 heterocycles. The van der Waals surface area contributed by atoms with Crippen LogP contribution in [0.1, 0.15) is 12.8 Å². The van der Waals surface area contributed by atoms with Crippen LogP contribution in [-0.4, -0.2) is 110 Å². The fourth-order valence-electron chi connectivity index (χ4n) is 3.78. The minimum atomic E-state index is -2.45. The second-order valence-electron chi connectivity index (χ2n) is 9.31. The van der Waals surface area contributed by atoms with E-state index in [0.717, 1.165) is 37.0 Å². The van der Waals surface area contributed by atoms with Crippen molar-refractivity contribution in [3.05, 3.63) is 0 Å². The van der Waals surface area contributed by atoms with Crippen LogP contribution in [0, 0.1) is 0 Å². The Labute approximate surface area is 229 Å². The predicted octanol–water partition coefficient (Wildman–Crippen LogP) is 3.95. The highest BCUT2D eigenvalue weighted by atomic mass is 28.4. The zero-order chi connectivity index (χ0) is 28.5. The molecule has 36 heavy (non-hydrogen) atoms. The zero-order valence-electron chi connectivity index (χ0n) is 25.5. The highest BCUT2D eigenvalue weighted by Crippen LogP contribution is 2.24. The summed E-state index contributed by atoms with van der Waals surface area (Å²) in [6.07, 6.45) is 1.89. The summed E-state index contributed by atoms with van der Waals surface area (Å²) in [5.41, 5.74) is 0. The molecule has 220 valence electrons. The molecule has 2 unspecified atom stereocenters. The van der Waals surface area contributed by atoms with Gasteiger partial charge < -0.3 is 43.6 Å². The Bertz CT molecular complexity index is 481. The van der Waals surface area contributed by atoms with Gasteiger partial charge in [-0.25, -0.2) is 0 Å². The smallest absolute Gasteiger partial charge is 0.439 e. The fraction of sp³-hybridized carbons (Fsp3) is 1.00. The van der Waals surface area contributed by atoms with E-state index < -0.39 is 52.8 Å². The third-order valence-electron chi connectivity index (χ3n) is 5.93. The van der Waals surface area contributed by atoms with Crippen molar-refractivity contribution >= 4 is 52.8 Å². The van der Waals surface area contributed by atoms with Gasteiger partial charge in [-0.15, -0.1) is 0 Å². The average Bonchev–Trinajstić information content (AvgIpc) is 2.85. The van der Waals surface area contributed by atoms with Gasteiger partial charge in [0.05, 0.1) is 0 Å². The summed E-state index contributed by atoms with van der Waals surface area (Å²) < 4.78 is 55.7. The first-order valence-corrected chi connectivity index (χ1v) is 27.0. The normalized spacial score (nSPS) is 16.0. The minimum absolute atomic E-state index is 0.797. The molecule has 0 rings (SSSR count). The highest BCUT2D eigenvalue weighted by Gasteiger charge is 2.40. The van der Waals surface area contributed by atoms with Gasteiger partial charge in [0.1, 0.15) is 0 Å². The molecule has 0 saturated heterocycles. The van der Waals surface area contributed by atoms with Crippen molar-refractivity contribution in [2.24, 2.45) is 0 Å². The van der Waals surface area contributed by atoms with E-state index >= 15 is 0 Å². The molecule has 0 radical (unpaired) electrons. The van der Waals surface area contributed by atoms with Crippen molar-refractivity contribution in [3.8, 4) is 0 Å². The lowest BCUT2D eigenvalue weighted by Gasteiger charge is -2.29. The zero-order valence-corrected chi connectivity index (χ0v) is 31.8. The van der Waals surface area contributed by atoms with Gasteiger partial charge in [-0.3, -0.25) is 0 Å². The van der Waals surface area contributed by atoms with Crippen molar-refractivity contribution in [2.45, 2.75) is 76.3 Å². The Hall–Kier alpha value is 0.901. The summed E-state index contributed by atoms with van der Waals surface area (Å²) in [6.45, 7) is 12.9. The van der Waals surface area contributed by atoms with E-state index in [1.807, 2.05) is 0 Å². The first-order valence-electron chi connectivity index (χ1n) is 12.5. The summed E-state index contributed by atoms with van der Waals surface area (Å²) in [5, 5.41) is 0. The van der Waals surface area contributed by atoms with Crippen LogP contribution in [0.25, 0.3) is 0 Å². The number of hydrogen-bond donors (Lipinski definition) is 0. The molecule has 16 heteroatoms. The third kappa shape index (κ3) is 15.5. The minimum Gasteiger partial charge on any atom is -0.439 e. The van der Waals surface area contributed by atoms with E-state index in [1.165, 1.54) is 0 Å². The van der Waals surface area contributed by atoms with Gasteiger partial charge in [0.2, 0.25) is 0 Å². The molecule has 0 aromatic heterocycles. The Kier molecular flexibility index (Phi) is 21.6. The summed E-state index contributed by atoms with van der Waals surface area (Å²) in [5.74, 6) is 0. The monoisotopic (exact) mass is 624 g/mol. The van der Waals surface area contributed by atoms with Crippen molar-refractivity contribution in [2.75, 3.05) is 56.9 Å². The maximum atomic E-state index is 6.05. The third-order valence-corrected chi connectivity index (χ3v) is 23.6. The Morgan fingerprint density at radius 1 is 0.417 bits per heavy atom. The predicted molar refractivity (Wildman–Crippen MR) is 159 cm³/mol. The van der Waals surface area contributed by atoms with Crippen LogP contribution >= 0.6 is 0 Å². The first-order chi connectivity index (χ1) is 16.7. The quantitative estimate of drug-likeness (QED) is 0.186. The lowest BCUT2D eigenvalue weighted by Crippen LogP contribution is -2.44. The lowest BCUT2D eigenvalue weighted by atomic mass is 10.6. The van der Waals surface area contributed by atoms with Crippen LogP contribution < -0.4 is 0 Å². The number of rotatable bonds is 20. The lowest BCUT2D eigenvalue weighted by molar-refractivity contribution is 0.122. The molecule has 0 spiro atoms. The molecule has 0 aliphatic rings. The van der Waals surface area contributed by atoms with Gasteiger partial charge in [0, 0.05) is 69.0 Å². The van der Waals surface area contributed by atoms with Gasteiger partial charge in [-0.05, 0) is 64.2 Å². The summed E-state index contributed by atoms with van der Waals surface area (Å²) in [7, 11) is 2.31. The topological polar surface area (TPSA) is 92.3 Å². The molecule has 2 atom stereocenters. The number of hydrogen-bond acceptors (Lipinski definition) is 10. The van der Waals surface area contributed by atoms with Crippen LogP contribution in [-0.2, 0) is 43.6 Å². The van der Waals surface area contributed by atoms with Crippen LogP contribution in [0.5, 0.6) is 0 Å². The van der Waals surface area contributed by atoms with Crippen molar-refractivity contribution < 1.29 is 43.6 Å². The van der Waals surface area contributed by atoms with Crippen molar-refractivity contribution in [1.29, 1.82) is 0 Å². The van der Waals surface area contributed by atoms with Gasteiger partial charge in [-0.1, -0.05) is 0 Å².